The third kappa shape index (κ3) is 7.01. The molecule has 0 spiro atoms. The van der Waals surface area contributed by atoms with Crippen molar-refractivity contribution in [2.24, 2.45) is 4.99 Å². The summed E-state index contributed by atoms with van der Waals surface area (Å²) in [6.45, 7) is 1.38. The van der Waals surface area contributed by atoms with Crippen molar-refractivity contribution in [3.05, 3.63) is 58.1 Å². The van der Waals surface area contributed by atoms with Gasteiger partial charge in [-0.2, -0.15) is 0 Å². The van der Waals surface area contributed by atoms with Crippen molar-refractivity contribution < 1.29 is 19.5 Å². The summed E-state index contributed by atoms with van der Waals surface area (Å²) in [6, 6.07) is 11.5. The highest BCUT2D eigenvalue weighted by molar-refractivity contribution is 9.10. The van der Waals surface area contributed by atoms with E-state index in [0.717, 1.165) is 33.2 Å². The van der Waals surface area contributed by atoms with E-state index in [-0.39, 0.29) is 18.4 Å². The van der Waals surface area contributed by atoms with Gasteiger partial charge in [0.15, 0.2) is 11.1 Å². The number of anilines is 1. The van der Waals surface area contributed by atoms with Gasteiger partial charge in [-0.1, -0.05) is 39.4 Å². The molecule has 1 aromatic heterocycles. The number of carboxylic acids is 1. The second-order valence-electron chi connectivity index (χ2n) is 8.13. The van der Waals surface area contributed by atoms with Crippen LogP contribution in [0.15, 0.2) is 51.9 Å². The van der Waals surface area contributed by atoms with Crippen LogP contribution in [0.25, 0.3) is 10.2 Å². The summed E-state index contributed by atoms with van der Waals surface area (Å²) in [6.07, 6.45) is 1.76. The molecule has 1 unspecified atom stereocenters. The molecular weight excluding hydrogens is 548 g/mol. The second kappa shape index (κ2) is 12.0. The highest BCUT2D eigenvalue weighted by Crippen LogP contribution is 2.28. The Kier molecular flexibility index (Phi) is 8.49. The quantitative estimate of drug-likeness (QED) is 0.265. The van der Waals surface area contributed by atoms with Crippen LogP contribution in [0, 0.1) is 0 Å². The van der Waals surface area contributed by atoms with Gasteiger partial charge in [-0.3, -0.25) is 19.9 Å². The lowest BCUT2D eigenvalue weighted by molar-refractivity contribution is -0.137. The fourth-order valence-electron chi connectivity index (χ4n) is 3.50. The van der Waals surface area contributed by atoms with Crippen LogP contribution in [0.2, 0.25) is 0 Å². The molecule has 1 atom stereocenters. The first kappa shape index (κ1) is 25.6. The number of halogens is 1. The summed E-state index contributed by atoms with van der Waals surface area (Å²) < 4.78 is 1.82. The van der Waals surface area contributed by atoms with Crippen LogP contribution in [-0.2, 0) is 16.0 Å². The number of thiazole rings is 1. The van der Waals surface area contributed by atoms with Gasteiger partial charge >= 0.3 is 5.97 Å². The van der Waals surface area contributed by atoms with E-state index < -0.39 is 12.0 Å². The maximum atomic E-state index is 12.6. The lowest BCUT2D eigenvalue weighted by Crippen LogP contribution is -2.43. The number of aromatic nitrogens is 1. The molecule has 0 saturated heterocycles. The molecule has 2 heterocycles. The number of guanidine groups is 1. The van der Waals surface area contributed by atoms with E-state index in [2.05, 4.69) is 47.2 Å². The summed E-state index contributed by atoms with van der Waals surface area (Å²) in [4.78, 5) is 45.0. The number of fused-ring (bicyclic) bond motifs is 1. The zero-order chi connectivity index (χ0) is 25.5. The zero-order valence-electron chi connectivity index (χ0n) is 19.2. The number of aliphatic imine (C=N–C) groups is 1. The molecule has 1 aliphatic heterocycles. The van der Waals surface area contributed by atoms with Crippen molar-refractivity contribution in [2.45, 2.75) is 25.3 Å². The normalized spacial score (nSPS) is 13.9. The number of amides is 2. The van der Waals surface area contributed by atoms with Crippen LogP contribution in [-0.4, -0.2) is 59.5 Å². The predicted molar refractivity (Wildman–Crippen MR) is 143 cm³/mol. The first-order valence-corrected chi connectivity index (χ1v) is 13.0. The molecule has 188 valence electrons. The van der Waals surface area contributed by atoms with Gasteiger partial charge in [0.2, 0.25) is 5.91 Å². The Hall–Kier alpha value is -3.51. The molecule has 0 radical (unpaired) electrons. The average molecular weight is 573 g/mol. The van der Waals surface area contributed by atoms with Crippen LogP contribution >= 0.6 is 27.3 Å². The monoisotopic (exact) mass is 572 g/mol. The lowest BCUT2D eigenvalue weighted by Gasteiger charge is -2.15. The van der Waals surface area contributed by atoms with Crippen molar-refractivity contribution in [2.75, 3.05) is 25.0 Å². The van der Waals surface area contributed by atoms with Crippen molar-refractivity contribution in [1.82, 2.24) is 20.9 Å². The van der Waals surface area contributed by atoms with E-state index in [1.807, 2.05) is 18.2 Å². The second-order valence-corrected chi connectivity index (χ2v) is 10.1. The maximum Gasteiger partial charge on any atom is 0.328 e. The van der Waals surface area contributed by atoms with Crippen molar-refractivity contribution >= 4 is 66.4 Å². The first-order chi connectivity index (χ1) is 17.4. The van der Waals surface area contributed by atoms with Gasteiger partial charge in [0.1, 0.15) is 6.04 Å². The van der Waals surface area contributed by atoms with Crippen LogP contribution in [0.5, 0.6) is 0 Å². The molecule has 0 saturated carbocycles. The number of carboxylic acid groups (broad SMARTS) is 1. The largest absolute Gasteiger partial charge is 0.480 e. The number of aryl methyl sites for hydroxylation is 1. The van der Waals surface area contributed by atoms with E-state index >= 15 is 0 Å². The molecule has 0 aliphatic carbocycles. The molecule has 1 aliphatic rings. The molecule has 2 aromatic carbocycles. The summed E-state index contributed by atoms with van der Waals surface area (Å²) >= 11 is 4.75. The SMILES string of the molecule is O=C(CCc1ccc(C(=O)NCC(Nc2nc3ccc(Br)cc3s2)C(=O)O)cc1)NC1=NCCCN1. The number of hydrogen-bond acceptors (Lipinski definition) is 8. The summed E-state index contributed by atoms with van der Waals surface area (Å²) in [5, 5.41) is 21.4. The molecule has 36 heavy (non-hydrogen) atoms. The molecule has 0 fully saturated rings. The van der Waals surface area contributed by atoms with Gasteiger partial charge in [0.05, 0.1) is 10.2 Å². The molecule has 10 nitrogen and oxygen atoms in total. The smallest absolute Gasteiger partial charge is 0.328 e. The molecular formula is C24H25BrN6O4S. The zero-order valence-corrected chi connectivity index (χ0v) is 21.6. The fraction of sp³-hybridized carbons (Fsp3) is 0.292. The minimum absolute atomic E-state index is 0.117. The van der Waals surface area contributed by atoms with E-state index in [9.17, 15) is 19.5 Å². The number of nitrogens with zero attached hydrogens (tertiary/aromatic N) is 2. The summed E-state index contributed by atoms with van der Waals surface area (Å²) in [5.41, 5.74) is 2.07. The Bertz CT molecular complexity index is 1290. The number of hydrogen-bond donors (Lipinski definition) is 5. The third-order valence-electron chi connectivity index (χ3n) is 5.42. The summed E-state index contributed by atoms with van der Waals surface area (Å²) in [7, 11) is 0. The van der Waals surface area contributed by atoms with Crippen LogP contribution in [0.4, 0.5) is 5.13 Å². The Labute approximate surface area is 219 Å². The van der Waals surface area contributed by atoms with Crippen molar-refractivity contribution in [1.29, 1.82) is 0 Å². The third-order valence-corrected chi connectivity index (χ3v) is 6.87. The first-order valence-electron chi connectivity index (χ1n) is 11.4. The number of rotatable bonds is 9. The fourth-order valence-corrected chi connectivity index (χ4v) is 4.97. The highest BCUT2D eigenvalue weighted by Gasteiger charge is 2.20. The van der Waals surface area contributed by atoms with Crippen molar-refractivity contribution in [3.8, 4) is 0 Å². The predicted octanol–water partition coefficient (Wildman–Crippen LogP) is 2.75. The number of aliphatic carboxylic acids is 1. The van der Waals surface area contributed by atoms with Gasteiger partial charge in [0.25, 0.3) is 5.91 Å². The average Bonchev–Trinajstić information content (AvgIpc) is 3.27. The number of nitrogens with one attached hydrogen (secondary N) is 4. The Morgan fingerprint density at radius 2 is 1.97 bits per heavy atom. The molecule has 2 amide bonds. The Balaban J connectivity index is 1.27. The van der Waals surface area contributed by atoms with Crippen LogP contribution in [0.3, 0.4) is 0 Å². The number of carbonyl (C=O) groups is 3. The van der Waals surface area contributed by atoms with E-state index in [1.54, 1.807) is 24.3 Å². The Morgan fingerprint density at radius 1 is 1.17 bits per heavy atom. The molecule has 12 heteroatoms. The van der Waals surface area contributed by atoms with Gasteiger partial charge in [-0.05, 0) is 48.7 Å². The lowest BCUT2D eigenvalue weighted by atomic mass is 10.1. The van der Waals surface area contributed by atoms with E-state index in [0.29, 0.717) is 36.0 Å². The van der Waals surface area contributed by atoms with E-state index in [1.165, 1.54) is 11.3 Å². The van der Waals surface area contributed by atoms with Gasteiger partial charge in [0, 0.05) is 36.1 Å². The van der Waals surface area contributed by atoms with Gasteiger partial charge < -0.3 is 21.1 Å². The molecule has 0 bridgehead atoms. The van der Waals surface area contributed by atoms with Crippen molar-refractivity contribution in [3.63, 3.8) is 0 Å². The van der Waals surface area contributed by atoms with Crippen LogP contribution < -0.4 is 21.3 Å². The van der Waals surface area contributed by atoms with Gasteiger partial charge in [-0.15, -0.1) is 0 Å². The standard InChI is InChI=1S/C24H25BrN6O4S/c25-16-7-8-17-19(12-16)36-24(29-17)30-18(22(34)35)13-28-21(33)15-5-2-14(3-6-15)4-9-20(32)31-23-26-10-1-11-27-23/h2-3,5-8,12,18H,1,4,9-11,13H2,(H,28,33)(H,29,30)(H,34,35)(H2,26,27,31,32). The molecule has 5 N–H and O–H groups in total. The van der Waals surface area contributed by atoms with E-state index in [4.69, 9.17) is 0 Å². The van der Waals surface area contributed by atoms with Crippen LogP contribution in [0.1, 0.15) is 28.8 Å². The minimum Gasteiger partial charge on any atom is -0.480 e. The molecule has 3 aromatic rings. The highest BCUT2D eigenvalue weighted by atomic mass is 79.9. The number of benzene rings is 2. The Morgan fingerprint density at radius 3 is 2.69 bits per heavy atom. The summed E-state index contributed by atoms with van der Waals surface area (Å²) in [5.74, 6) is -1.10. The minimum atomic E-state index is -1.10. The maximum absolute atomic E-state index is 12.6. The van der Waals surface area contributed by atoms with Gasteiger partial charge in [-0.25, -0.2) is 9.78 Å². The molecule has 4 rings (SSSR count). The number of carbonyl (C=O) groups excluding carboxylic acids is 2. The topological polar surface area (TPSA) is 145 Å².